The second-order valence-corrected chi connectivity index (χ2v) is 9.78. The average Bonchev–Trinajstić information content (AvgIpc) is 3.29. The van der Waals surface area contributed by atoms with Gasteiger partial charge in [-0.25, -0.2) is 0 Å². The summed E-state index contributed by atoms with van der Waals surface area (Å²) < 4.78 is 0. The fourth-order valence-corrected chi connectivity index (χ4v) is 5.51. The van der Waals surface area contributed by atoms with E-state index in [9.17, 15) is 9.59 Å². The van der Waals surface area contributed by atoms with Gasteiger partial charge in [-0.2, -0.15) is 0 Å². The van der Waals surface area contributed by atoms with E-state index in [0.29, 0.717) is 19.5 Å². The van der Waals surface area contributed by atoms with Crippen LogP contribution >= 0.6 is 11.3 Å². The Morgan fingerprint density at radius 1 is 1.00 bits per heavy atom. The Balaban J connectivity index is 1.65. The Labute approximate surface area is 197 Å². The minimum atomic E-state index is -0.0594. The number of hydrogen-bond acceptors (Lipinski definition) is 3. The molecule has 2 amide bonds. The number of fused-ring (bicyclic) bond motifs is 1. The van der Waals surface area contributed by atoms with Gasteiger partial charge >= 0.3 is 0 Å². The molecular weight excluding hydrogens is 416 g/mol. The number of amides is 2. The minimum absolute atomic E-state index is 0.0560. The first kappa shape index (κ1) is 24.5. The van der Waals surface area contributed by atoms with Crippen molar-refractivity contribution in [2.45, 2.75) is 77.7 Å². The molecule has 5 heteroatoms. The summed E-state index contributed by atoms with van der Waals surface area (Å²) in [5.74, 6) is 0.181. The molecule has 1 aromatic heterocycles. The van der Waals surface area contributed by atoms with Gasteiger partial charge in [-0.05, 0) is 41.8 Å². The molecule has 0 aliphatic carbocycles. The second-order valence-electron chi connectivity index (χ2n) is 8.78. The Morgan fingerprint density at radius 3 is 2.50 bits per heavy atom. The average molecular weight is 455 g/mol. The lowest BCUT2D eigenvalue weighted by Crippen LogP contribution is -2.47. The second kappa shape index (κ2) is 12.8. The largest absolute Gasteiger partial charge is 0.333 e. The third-order valence-electron chi connectivity index (χ3n) is 6.32. The van der Waals surface area contributed by atoms with Gasteiger partial charge in [-0.15, -0.1) is 11.3 Å². The third kappa shape index (κ3) is 6.44. The molecule has 1 unspecified atom stereocenters. The number of rotatable bonds is 12. The smallest absolute Gasteiger partial charge is 0.242 e. The van der Waals surface area contributed by atoms with Crippen LogP contribution in [0.2, 0.25) is 0 Å². The Kier molecular flexibility index (Phi) is 9.79. The predicted molar refractivity (Wildman–Crippen MR) is 133 cm³/mol. The summed E-state index contributed by atoms with van der Waals surface area (Å²) in [5.41, 5.74) is 2.38. The van der Waals surface area contributed by atoms with E-state index in [1.807, 2.05) is 23.1 Å². The molecule has 32 heavy (non-hydrogen) atoms. The monoisotopic (exact) mass is 454 g/mol. The quantitative estimate of drug-likeness (QED) is 0.358. The van der Waals surface area contributed by atoms with Gasteiger partial charge in [0.05, 0.1) is 12.6 Å². The van der Waals surface area contributed by atoms with Gasteiger partial charge in [-0.3, -0.25) is 9.59 Å². The zero-order chi connectivity index (χ0) is 22.8. The molecule has 0 radical (unpaired) electrons. The first-order valence-electron chi connectivity index (χ1n) is 12.3. The van der Waals surface area contributed by atoms with Gasteiger partial charge in [0.15, 0.2) is 0 Å². The molecular formula is C27H38N2O2S. The van der Waals surface area contributed by atoms with Crippen LogP contribution in [0, 0.1) is 0 Å². The molecule has 2 aromatic rings. The molecule has 3 rings (SSSR count). The van der Waals surface area contributed by atoms with Crippen molar-refractivity contribution < 1.29 is 9.59 Å². The van der Waals surface area contributed by atoms with Crippen molar-refractivity contribution in [2.75, 3.05) is 19.6 Å². The molecule has 0 N–H and O–H groups in total. The number of unbranched alkanes of at least 4 members (excludes halogenated alkanes) is 5. The number of thiophene rings is 1. The van der Waals surface area contributed by atoms with E-state index in [1.165, 1.54) is 36.1 Å². The molecule has 1 aromatic carbocycles. The summed E-state index contributed by atoms with van der Waals surface area (Å²) in [6.45, 7) is 5.82. The maximum absolute atomic E-state index is 13.5. The summed E-state index contributed by atoms with van der Waals surface area (Å²) in [5, 5.41) is 2.13. The van der Waals surface area contributed by atoms with E-state index < -0.39 is 0 Å². The molecule has 0 fully saturated rings. The van der Waals surface area contributed by atoms with Crippen molar-refractivity contribution in [1.82, 2.24) is 9.80 Å². The summed E-state index contributed by atoms with van der Waals surface area (Å²) in [4.78, 5) is 31.5. The lowest BCUT2D eigenvalue weighted by atomic mass is 9.93. The van der Waals surface area contributed by atoms with E-state index in [-0.39, 0.29) is 24.4 Å². The van der Waals surface area contributed by atoms with Crippen LogP contribution in [0.15, 0.2) is 41.8 Å². The third-order valence-corrected chi connectivity index (χ3v) is 7.31. The first-order chi connectivity index (χ1) is 15.7. The fourth-order valence-electron chi connectivity index (χ4n) is 4.61. The van der Waals surface area contributed by atoms with Crippen LogP contribution in [-0.2, 0) is 16.0 Å². The van der Waals surface area contributed by atoms with Crippen molar-refractivity contribution in [3.63, 3.8) is 0 Å². The molecule has 1 aliphatic rings. The van der Waals surface area contributed by atoms with E-state index in [4.69, 9.17) is 0 Å². The van der Waals surface area contributed by atoms with E-state index in [2.05, 4.69) is 37.4 Å². The van der Waals surface area contributed by atoms with Crippen molar-refractivity contribution in [2.24, 2.45) is 0 Å². The summed E-state index contributed by atoms with van der Waals surface area (Å²) in [6.07, 6.45) is 9.29. The van der Waals surface area contributed by atoms with E-state index >= 15 is 0 Å². The lowest BCUT2D eigenvalue weighted by Gasteiger charge is -2.37. The van der Waals surface area contributed by atoms with Crippen molar-refractivity contribution in [3.8, 4) is 0 Å². The molecule has 0 spiro atoms. The minimum Gasteiger partial charge on any atom is -0.333 e. The predicted octanol–water partition coefficient (Wildman–Crippen LogP) is 6.21. The van der Waals surface area contributed by atoms with E-state index in [0.717, 1.165) is 31.2 Å². The van der Waals surface area contributed by atoms with Gasteiger partial charge in [0.1, 0.15) is 0 Å². The van der Waals surface area contributed by atoms with E-state index in [1.54, 1.807) is 16.2 Å². The SMILES string of the molecule is CCCCCCCCC(=O)N(CCC)CC(=O)N1CCc2sccc2C1c1ccccc1. The first-order valence-corrected chi connectivity index (χ1v) is 13.2. The normalized spacial score (nSPS) is 15.4. The van der Waals surface area contributed by atoms with Crippen molar-refractivity contribution in [1.29, 1.82) is 0 Å². The van der Waals surface area contributed by atoms with Crippen molar-refractivity contribution >= 4 is 23.2 Å². The molecule has 174 valence electrons. The number of benzene rings is 1. The van der Waals surface area contributed by atoms with Crippen LogP contribution in [0.3, 0.4) is 0 Å². The summed E-state index contributed by atoms with van der Waals surface area (Å²) >= 11 is 1.78. The standard InChI is InChI=1S/C27H38N2O2S/c1-3-5-6-7-8-12-15-25(30)28(18-4-2)21-26(31)29-19-16-24-23(17-20-32-24)27(29)22-13-10-9-11-14-22/h9-11,13-14,17,20,27H,3-8,12,15-16,18-19,21H2,1-2H3. The van der Waals surface area contributed by atoms with Crippen LogP contribution in [0.25, 0.3) is 0 Å². The highest BCUT2D eigenvalue weighted by atomic mass is 32.1. The molecule has 0 bridgehead atoms. The van der Waals surface area contributed by atoms with Gasteiger partial charge in [0.2, 0.25) is 11.8 Å². The fraction of sp³-hybridized carbons (Fsp3) is 0.556. The highest BCUT2D eigenvalue weighted by Gasteiger charge is 2.33. The topological polar surface area (TPSA) is 40.6 Å². The van der Waals surface area contributed by atoms with Gasteiger partial charge in [0.25, 0.3) is 0 Å². The Hall–Kier alpha value is -2.14. The highest BCUT2D eigenvalue weighted by Crippen LogP contribution is 2.37. The zero-order valence-corrected chi connectivity index (χ0v) is 20.5. The molecule has 0 saturated heterocycles. The van der Waals surface area contributed by atoms with Crippen molar-refractivity contribution in [3.05, 3.63) is 57.8 Å². The summed E-state index contributed by atoms with van der Waals surface area (Å²) in [6, 6.07) is 12.4. The molecule has 0 saturated carbocycles. The maximum Gasteiger partial charge on any atom is 0.242 e. The Morgan fingerprint density at radius 2 is 1.75 bits per heavy atom. The molecule has 1 aliphatic heterocycles. The van der Waals surface area contributed by atoms with Gasteiger partial charge < -0.3 is 9.80 Å². The molecule has 1 atom stereocenters. The lowest BCUT2D eigenvalue weighted by molar-refractivity contribution is -0.141. The number of hydrogen-bond donors (Lipinski definition) is 0. The van der Waals surface area contributed by atoms with Gasteiger partial charge in [0, 0.05) is 24.4 Å². The molecule has 2 heterocycles. The maximum atomic E-state index is 13.5. The van der Waals surface area contributed by atoms with Crippen LogP contribution in [-0.4, -0.2) is 41.2 Å². The zero-order valence-electron chi connectivity index (χ0n) is 19.7. The molecule has 4 nitrogen and oxygen atoms in total. The van der Waals surface area contributed by atoms with Crippen LogP contribution in [0.5, 0.6) is 0 Å². The van der Waals surface area contributed by atoms with Crippen LogP contribution in [0.4, 0.5) is 0 Å². The number of carbonyl (C=O) groups excluding carboxylic acids is 2. The van der Waals surface area contributed by atoms with Gasteiger partial charge in [-0.1, -0.05) is 76.3 Å². The Bertz CT molecular complexity index is 848. The number of nitrogens with zero attached hydrogens (tertiary/aromatic N) is 2. The number of carbonyl (C=O) groups is 2. The van der Waals surface area contributed by atoms with Crippen LogP contribution in [0.1, 0.15) is 87.3 Å². The highest BCUT2D eigenvalue weighted by molar-refractivity contribution is 7.10. The summed E-state index contributed by atoms with van der Waals surface area (Å²) in [7, 11) is 0. The van der Waals surface area contributed by atoms with Crippen LogP contribution < -0.4 is 0 Å².